The molecule has 1 aromatic rings. The summed E-state index contributed by atoms with van der Waals surface area (Å²) in [4.78, 5) is 11.9. The van der Waals surface area contributed by atoms with Crippen molar-refractivity contribution in [1.82, 2.24) is 5.32 Å². The molecule has 0 aliphatic carbocycles. The minimum atomic E-state index is -0.00332. The van der Waals surface area contributed by atoms with Gasteiger partial charge in [0.05, 0.1) is 0 Å². The zero-order valence-corrected chi connectivity index (χ0v) is 15.0. The first kappa shape index (κ1) is 18.6. The summed E-state index contributed by atoms with van der Waals surface area (Å²) in [6, 6.07) is 4.21. The van der Waals surface area contributed by atoms with E-state index in [9.17, 15) is 4.79 Å². The molecule has 1 amide bonds. The smallest absolute Gasteiger partial charge is 0.226 e. The molecular weight excluding hydrogens is 292 g/mol. The number of rotatable bonds is 7. The molecule has 0 saturated carbocycles. The van der Waals surface area contributed by atoms with E-state index in [0.717, 1.165) is 29.7 Å². The van der Waals surface area contributed by atoms with E-state index in [1.165, 1.54) is 24.8 Å². The molecule has 3 nitrogen and oxygen atoms in total. The van der Waals surface area contributed by atoms with Gasteiger partial charge in [-0.05, 0) is 50.5 Å². The van der Waals surface area contributed by atoms with Crippen LogP contribution in [0.4, 0.5) is 5.69 Å². The second kappa shape index (κ2) is 9.57. The number of amides is 1. The number of anilines is 1. The molecule has 1 aromatic carbocycles. The van der Waals surface area contributed by atoms with Gasteiger partial charge >= 0.3 is 0 Å². The van der Waals surface area contributed by atoms with E-state index in [2.05, 4.69) is 36.6 Å². The van der Waals surface area contributed by atoms with Crippen molar-refractivity contribution in [2.24, 2.45) is 0 Å². The third-order valence-corrected chi connectivity index (χ3v) is 3.88. The van der Waals surface area contributed by atoms with Gasteiger partial charge in [0.2, 0.25) is 5.91 Å². The summed E-state index contributed by atoms with van der Waals surface area (Å²) in [5.74, 6) is -0.00332. The highest BCUT2D eigenvalue weighted by molar-refractivity contribution is 7.80. The summed E-state index contributed by atoms with van der Waals surface area (Å²) in [5, 5.41) is 6.30. The first-order chi connectivity index (χ1) is 10.4. The Hall–Kier alpha value is -1.42. The van der Waals surface area contributed by atoms with Crippen molar-refractivity contribution in [3.05, 3.63) is 28.8 Å². The number of carbonyl (C=O) groups excluding carboxylic acids is 1. The van der Waals surface area contributed by atoms with Gasteiger partial charge in [-0.2, -0.15) is 0 Å². The Kier molecular flexibility index (Phi) is 8.10. The Morgan fingerprint density at radius 2 is 1.64 bits per heavy atom. The topological polar surface area (TPSA) is 41.1 Å². The summed E-state index contributed by atoms with van der Waals surface area (Å²) >= 11 is 5.24. The molecule has 0 radical (unpaired) electrons. The molecule has 0 aliphatic heterocycles. The summed E-state index contributed by atoms with van der Waals surface area (Å²) in [6.07, 6.45) is 6.24. The van der Waals surface area contributed by atoms with Gasteiger partial charge in [-0.1, -0.05) is 50.3 Å². The van der Waals surface area contributed by atoms with Crippen LogP contribution in [0.3, 0.4) is 0 Å². The molecule has 4 heteroatoms. The van der Waals surface area contributed by atoms with Crippen LogP contribution in [0.2, 0.25) is 0 Å². The number of aryl methyl sites for hydroxylation is 3. The fourth-order valence-corrected chi connectivity index (χ4v) is 2.82. The second-order valence-electron chi connectivity index (χ2n) is 5.94. The number of hydrogen-bond donors (Lipinski definition) is 2. The van der Waals surface area contributed by atoms with E-state index in [-0.39, 0.29) is 5.91 Å². The fraction of sp³-hybridized carbons (Fsp3) is 0.556. The molecule has 0 aromatic heterocycles. The average Bonchev–Trinajstić information content (AvgIpc) is 2.42. The van der Waals surface area contributed by atoms with Crippen LogP contribution in [0.1, 0.15) is 62.1 Å². The molecule has 0 atom stereocenters. The molecule has 0 spiro atoms. The van der Waals surface area contributed by atoms with Crippen LogP contribution in [0.15, 0.2) is 12.1 Å². The largest absolute Gasteiger partial charge is 0.332 e. The van der Waals surface area contributed by atoms with Crippen molar-refractivity contribution in [2.75, 3.05) is 5.32 Å². The Morgan fingerprint density at radius 3 is 2.23 bits per heavy atom. The normalized spacial score (nSPS) is 10.4. The summed E-state index contributed by atoms with van der Waals surface area (Å²) in [5.41, 5.74) is 4.48. The summed E-state index contributed by atoms with van der Waals surface area (Å²) in [7, 11) is 0. The zero-order chi connectivity index (χ0) is 16.5. The maximum atomic E-state index is 11.9. The van der Waals surface area contributed by atoms with Crippen molar-refractivity contribution in [3.63, 3.8) is 0 Å². The van der Waals surface area contributed by atoms with Gasteiger partial charge in [-0.15, -0.1) is 0 Å². The highest BCUT2D eigenvalue weighted by Crippen LogP contribution is 2.21. The minimum absolute atomic E-state index is 0.00332. The zero-order valence-electron chi connectivity index (χ0n) is 14.2. The predicted molar refractivity (Wildman–Crippen MR) is 98.4 cm³/mol. The summed E-state index contributed by atoms with van der Waals surface area (Å²) < 4.78 is 0. The van der Waals surface area contributed by atoms with E-state index in [1.807, 2.05) is 13.8 Å². The molecule has 0 saturated heterocycles. The molecule has 2 N–H and O–H groups in total. The Morgan fingerprint density at radius 1 is 1.05 bits per heavy atom. The molecule has 22 heavy (non-hydrogen) atoms. The molecule has 0 bridgehead atoms. The van der Waals surface area contributed by atoms with Crippen LogP contribution in [-0.2, 0) is 4.79 Å². The molecule has 0 fully saturated rings. The van der Waals surface area contributed by atoms with Crippen molar-refractivity contribution >= 4 is 28.9 Å². The van der Waals surface area contributed by atoms with Crippen LogP contribution in [-0.4, -0.2) is 11.0 Å². The lowest BCUT2D eigenvalue weighted by Crippen LogP contribution is -2.34. The monoisotopic (exact) mass is 320 g/mol. The third-order valence-electron chi connectivity index (χ3n) is 3.68. The summed E-state index contributed by atoms with van der Waals surface area (Å²) in [6.45, 7) is 8.34. The van der Waals surface area contributed by atoms with Gasteiger partial charge in [0.25, 0.3) is 0 Å². The Labute approximate surface area is 139 Å². The van der Waals surface area contributed by atoms with Crippen molar-refractivity contribution in [1.29, 1.82) is 0 Å². The fourth-order valence-electron chi connectivity index (χ4n) is 2.60. The first-order valence-electron chi connectivity index (χ1n) is 8.12. The lowest BCUT2D eigenvalue weighted by molar-refractivity contribution is -0.119. The van der Waals surface area contributed by atoms with Crippen LogP contribution in [0.5, 0.6) is 0 Å². The Bertz CT molecular complexity index is 503. The number of nitrogens with one attached hydrogen (secondary N) is 2. The third kappa shape index (κ3) is 6.56. The standard InChI is InChI=1S/C18H28N2OS/c1-5-6-7-8-9-10-16(21)19-18(22)20-17-14(3)11-13(2)12-15(17)4/h11-12H,5-10H2,1-4H3,(H2,19,20,21,22). The number of thiocarbonyl (C=S) groups is 1. The highest BCUT2D eigenvalue weighted by Gasteiger charge is 2.08. The van der Waals surface area contributed by atoms with Gasteiger partial charge in [-0.25, -0.2) is 0 Å². The van der Waals surface area contributed by atoms with Gasteiger partial charge in [-0.3, -0.25) is 4.79 Å². The van der Waals surface area contributed by atoms with E-state index < -0.39 is 0 Å². The van der Waals surface area contributed by atoms with Crippen molar-refractivity contribution in [3.8, 4) is 0 Å². The van der Waals surface area contributed by atoms with Gasteiger partial charge in [0, 0.05) is 12.1 Å². The molecule has 1 rings (SSSR count). The number of benzene rings is 1. The van der Waals surface area contributed by atoms with Crippen LogP contribution < -0.4 is 10.6 Å². The van der Waals surface area contributed by atoms with E-state index in [4.69, 9.17) is 12.2 Å². The van der Waals surface area contributed by atoms with Gasteiger partial charge in [0.15, 0.2) is 5.11 Å². The molecular formula is C18H28N2OS. The van der Waals surface area contributed by atoms with Crippen molar-refractivity contribution < 1.29 is 4.79 Å². The van der Waals surface area contributed by atoms with Gasteiger partial charge in [0.1, 0.15) is 0 Å². The van der Waals surface area contributed by atoms with E-state index in [0.29, 0.717) is 11.5 Å². The maximum Gasteiger partial charge on any atom is 0.226 e. The highest BCUT2D eigenvalue weighted by atomic mass is 32.1. The predicted octanol–water partition coefficient (Wildman–Crippen LogP) is 4.79. The van der Waals surface area contributed by atoms with E-state index >= 15 is 0 Å². The molecule has 0 heterocycles. The maximum absolute atomic E-state index is 11.9. The SMILES string of the molecule is CCCCCCCC(=O)NC(=S)Nc1c(C)cc(C)cc1C. The lowest BCUT2D eigenvalue weighted by Gasteiger charge is -2.15. The molecule has 0 unspecified atom stereocenters. The van der Waals surface area contributed by atoms with Crippen LogP contribution in [0.25, 0.3) is 0 Å². The van der Waals surface area contributed by atoms with Crippen LogP contribution >= 0.6 is 12.2 Å². The lowest BCUT2D eigenvalue weighted by atomic mass is 10.1. The Balaban J connectivity index is 2.41. The van der Waals surface area contributed by atoms with Gasteiger partial charge < -0.3 is 10.6 Å². The second-order valence-corrected chi connectivity index (χ2v) is 6.35. The number of carbonyl (C=O) groups is 1. The first-order valence-corrected chi connectivity index (χ1v) is 8.53. The average molecular weight is 321 g/mol. The number of unbranched alkanes of at least 4 members (excludes halogenated alkanes) is 4. The quantitative estimate of drug-likeness (QED) is 0.561. The van der Waals surface area contributed by atoms with Crippen LogP contribution in [0, 0.1) is 20.8 Å². The van der Waals surface area contributed by atoms with E-state index in [1.54, 1.807) is 0 Å². The minimum Gasteiger partial charge on any atom is -0.332 e. The molecule has 122 valence electrons. The number of hydrogen-bond acceptors (Lipinski definition) is 2. The van der Waals surface area contributed by atoms with Crippen molar-refractivity contribution in [2.45, 2.75) is 66.2 Å². The molecule has 0 aliphatic rings.